The maximum Gasteiger partial charge on any atom is 0.255 e. The van der Waals surface area contributed by atoms with Crippen molar-refractivity contribution in [2.75, 3.05) is 32.8 Å². The molecule has 2 aromatic rings. The third-order valence-electron chi connectivity index (χ3n) is 3.77. The van der Waals surface area contributed by atoms with Gasteiger partial charge in [0, 0.05) is 17.8 Å². The summed E-state index contributed by atoms with van der Waals surface area (Å²) in [5.41, 5.74) is 6.32. The molecule has 8 heteroatoms. The van der Waals surface area contributed by atoms with E-state index in [4.69, 9.17) is 24.7 Å². The van der Waals surface area contributed by atoms with Crippen molar-refractivity contribution in [1.29, 1.82) is 0 Å². The van der Waals surface area contributed by atoms with Crippen LogP contribution in [-0.4, -0.2) is 39.2 Å². The zero-order valence-corrected chi connectivity index (χ0v) is 16.8. The first-order valence-electron chi connectivity index (χ1n) is 8.96. The number of hydrogen-bond acceptors (Lipinski definition) is 6. The zero-order chi connectivity index (χ0) is 21.9. The molecule has 0 aliphatic carbocycles. The van der Waals surface area contributed by atoms with E-state index in [2.05, 4.69) is 11.9 Å². The SMILES string of the molecule is C=CCOc1ccc(C=CC(=O)Nc2ccc(OC)c(OCC(N)=O)c2)cc1OC. The average molecular weight is 412 g/mol. The molecule has 0 bridgehead atoms. The number of nitrogens with one attached hydrogen (secondary N) is 1. The van der Waals surface area contributed by atoms with E-state index < -0.39 is 5.91 Å². The molecule has 0 aliphatic heterocycles. The summed E-state index contributed by atoms with van der Waals surface area (Å²) < 4.78 is 21.3. The van der Waals surface area contributed by atoms with Gasteiger partial charge in [-0.25, -0.2) is 0 Å². The largest absolute Gasteiger partial charge is 0.493 e. The highest BCUT2D eigenvalue weighted by Crippen LogP contribution is 2.30. The van der Waals surface area contributed by atoms with Crippen molar-refractivity contribution in [2.24, 2.45) is 5.73 Å². The molecular weight excluding hydrogens is 388 g/mol. The Morgan fingerprint density at radius 1 is 1.00 bits per heavy atom. The van der Waals surface area contributed by atoms with E-state index in [9.17, 15) is 9.59 Å². The fourth-order valence-electron chi connectivity index (χ4n) is 2.43. The molecule has 2 rings (SSSR count). The number of rotatable bonds is 11. The monoisotopic (exact) mass is 412 g/mol. The summed E-state index contributed by atoms with van der Waals surface area (Å²) in [7, 11) is 3.01. The number of methoxy groups -OCH3 is 2. The molecule has 0 aromatic heterocycles. The van der Waals surface area contributed by atoms with E-state index in [1.165, 1.54) is 20.3 Å². The van der Waals surface area contributed by atoms with E-state index in [1.54, 1.807) is 48.6 Å². The summed E-state index contributed by atoms with van der Waals surface area (Å²) in [6.07, 6.45) is 4.66. The lowest BCUT2D eigenvalue weighted by Crippen LogP contribution is -2.20. The molecule has 0 spiro atoms. The van der Waals surface area contributed by atoms with Crippen LogP contribution in [0.4, 0.5) is 5.69 Å². The highest BCUT2D eigenvalue weighted by molar-refractivity contribution is 6.02. The van der Waals surface area contributed by atoms with Gasteiger partial charge in [-0.2, -0.15) is 0 Å². The number of hydrogen-bond donors (Lipinski definition) is 2. The molecule has 0 unspecified atom stereocenters. The second-order valence-electron chi connectivity index (χ2n) is 5.95. The predicted octanol–water partition coefficient (Wildman–Crippen LogP) is 2.78. The normalized spacial score (nSPS) is 10.3. The quantitative estimate of drug-likeness (QED) is 0.434. The van der Waals surface area contributed by atoms with Crippen LogP contribution < -0.4 is 30.0 Å². The molecule has 30 heavy (non-hydrogen) atoms. The third kappa shape index (κ3) is 6.59. The maximum atomic E-state index is 12.3. The van der Waals surface area contributed by atoms with E-state index >= 15 is 0 Å². The Hall–Kier alpha value is -3.94. The van der Waals surface area contributed by atoms with E-state index in [0.717, 1.165) is 5.56 Å². The minimum Gasteiger partial charge on any atom is -0.493 e. The van der Waals surface area contributed by atoms with Gasteiger partial charge in [-0.15, -0.1) is 0 Å². The summed E-state index contributed by atoms with van der Waals surface area (Å²) in [6.45, 7) is 3.67. The number of anilines is 1. The first kappa shape index (κ1) is 22.4. The van der Waals surface area contributed by atoms with Crippen molar-refractivity contribution in [1.82, 2.24) is 0 Å². The molecule has 0 radical (unpaired) electrons. The number of ether oxygens (including phenoxy) is 4. The minimum atomic E-state index is -0.620. The molecule has 0 saturated heterocycles. The number of amides is 2. The van der Waals surface area contributed by atoms with E-state index in [1.807, 2.05) is 0 Å². The van der Waals surface area contributed by atoms with Crippen molar-refractivity contribution < 1.29 is 28.5 Å². The third-order valence-corrected chi connectivity index (χ3v) is 3.77. The van der Waals surface area contributed by atoms with Crippen LogP contribution in [0.25, 0.3) is 6.08 Å². The van der Waals surface area contributed by atoms with Gasteiger partial charge >= 0.3 is 0 Å². The Bertz CT molecular complexity index is 939. The van der Waals surface area contributed by atoms with Crippen molar-refractivity contribution in [2.45, 2.75) is 0 Å². The smallest absolute Gasteiger partial charge is 0.255 e. The van der Waals surface area contributed by atoms with Gasteiger partial charge in [0.1, 0.15) is 6.61 Å². The molecular formula is C22H24N2O6. The minimum absolute atomic E-state index is 0.290. The van der Waals surface area contributed by atoms with Gasteiger partial charge in [0.2, 0.25) is 5.91 Å². The van der Waals surface area contributed by atoms with Crippen molar-refractivity contribution in [3.63, 3.8) is 0 Å². The van der Waals surface area contributed by atoms with Gasteiger partial charge in [-0.1, -0.05) is 18.7 Å². The number of primary amides is 1. The van der Waals surface area contributed by atoms with Gasteiger partial charge in [-0.3, -0.25) is 9.59 Å². The first-order valence-corrected chi connectivity index (χ1v) is 8.96. The first-order chi connectivity index (χ1) is 14.5. The second kappa shape index (κ2) is 11.2. The fourth-order valence-corrected chi connectivity index (χ4v) is 2.43. The fraction of sp³-hybridized carbons (Fsp3) is 0.182. The van der Waals surface area contributed by atoms with Gasteiger partial charge < -0.3 is 30.0 Å². The van der Waals surface area contributed by atoms with Crippen LogP contribution in [0, 0.1) is 0 Å². The number of carbonyl (C=O) groups is 2. The number of nitrogens with two attached hydrogens (primary N) is 1. The second-order valence-corrected chi connectivity index (χ2v) is 5.95. The Morgan fingerprint density at radius 2 is 1.73 bits per heavy atom. The van der Waals surface area contributed by atoms with Crippen LogP contribution in [0.5, 0.6) is 23.0 Å². The Kier molecular flexibility index (Phi) is 8.31. The van der Waals surface area contributed by atoms with Crippen LogP contribution >= 0.6 is 0 Å². The van der Waals surface area contributed by atoms with Gasteiger partial charge in [-0.05, 0) is 35.9 Å². The Labute approximate surface area is 174 Å². The van der Waals surface area contributed by atoms with Gasteiger partial charge in [0.25, 0.3) is 5.91 Å². The number of benzene rings is 2. The highest BCUT2D eigenvalue weighted by Gasteiger charge is 2.09. The van der Waals surface area contributed by atoms with Crippen molar-refractivity contribution >= 4 is 23.6 Å². The predicted molar refractivity (Wildman–Crippen MR) is 114 cm³/mol. The molecule has 0 fully saturated rings. The molecule has 0 saturated carbocycles. The summed E-state index contributed by atoms with van der Waals surface area (Å²) >= 11 is 0. The van der Waals surface area contributed by atoms with Crippen molar-refractivity contribution in [3.8, 4) is 23.0 Å². The molecule has 2 amide bonds. The Balaban J connectivity index is 2.07. The molecule has 0 heterocycles. The van der Waals surface area contributed by atoms with Crippen LogP contribution in [0.1, 0.15) is 5.56 Å². The average Bonchev–Trinajstić information content (AvgIpc) is 2.75. The molecule has 2 aromatic carbocycles. The lowest BCUT2D eigenvalue weighted by atomic mass is 10.2. The van der Waals surface area contributed by atoms with Crippen LogP contribution in [0.2, 0.25) is 0 Å². The number of carbonyl (C=O) groups excluding carboxylic acids is 2. The lowest BCUT2D eigenvalue weighted by molar-refractivity contribution is -0.120. The van der Waals surface area contributed by atoms with E-state index in [0.29, 0.717) is 29.5 Å². The zero-order valence-electron chi connectivity index (χ0n) is 16.8. The molecule has 0 aliphatic rings. The topological polar surface area (TPSA) is 109 Å². The van der Waals surface area contributed by atoms with Gasteiger partial charge in [0.15, 0.2) is 29.6 Å². The lowest BCUT2D eigenvalue weighted by Gasteiger charge is -2.11. The summed E-state index contributed by atoms with van der Waals surface area (Å²) in [5, 5.41) is 2.71. The summed E-state index contributed by atoms with van der Waals surface area (Å²) in [4.78, 5) is 23.2. The summed E-state index contributed by atoms with van der Waals surface area (Å²) in [5.74, 6) is 0.859. The molecule has 0 atom stereocenters. The van der Waals surface area contributed by atoms with Crippen LogP contribution in [0.3, 0.4) is 0 Å². The molecule has 3 N–H and O–H groups in total. The highest BCUT2D eigenvalue weighted by atomic mass is 16.5. The Morgan fingerprint density at radius 3 is 2.40 bits per heavy atom. The van der Waals surface area contributed by atoms with Crippen LogP contribution in [0.15, 0.2) is 55.1 Å². The molecule has 158 valence electrons. The molecule has 8 nitrogen and oxygen atoms in total. The van der Waals surface area contributed by atoms with Crippen LogP contribution in [-0.2, 0) is 9.59 Å². The maximum absolute atomic E-state index is 12.3. The van der Waals surface area contributed by atoms with Crippen molar-refractivity contribution in [3.05, 3.63) is 60.7 Å². The van der Waals surface area contributed by atoms with E-state index in [-0.39, 0.29) is 18.3 Å². The summed E-state index contributed by atoms with van der Waals surface area (Å²) in [6, 6.07) is 10.1. The standard InChI is InChI=1S/C22H24N2O6/c1-4-11-29-18-8-5-15(12-19(18)28-3)6-10-22(26)24-16-7-9-17(27-2)20(13-16)30-14-21(23)25/h4-10,12-13H,1,11,14H2,2-3H3,(H2,23,25)(H,24,26). The van der Waals surface area contributed by atoms with Gasteiger partial charge in [0.05, 0.1) is 14.2 Å².